The molecule has 1 aliphatic carbocycles. The molecule has 2 N–H and O–H groups in total. The first-order chi connectivity index (χ1) is 17.4. The third-order valence-corrected chi connectivity index (χ3v) is 7.32. The molecule has 0 aromatic heterocycles. The average molecular weight is 481 g/mol. The van der Waals surface area contributed by atoms with Crippen molar-refractivity contribution in [1.29, 1.82) is 0 Å². The van der Waals surface area contributed by atoms with Crippen molar-refractivity contribution >= 4 is 17.5 Å². The number of hydrogen-bond acceptors (Lipinski definition) is 5. The van der Waals surface area contributed by atoms with E-state index in [1.807, 2.05) is 73.7 Å². The normalized spacial score (nSPS) is 23.2. The zero-order valence-electron chi connectivity index (χ0n) is 20.3. The molecular weight excluding hydrogens is 452 g/mol. The van der Waals surface area contributed by atoms with Crippen LogP contribution in [0.25, 0.3) is 0 Å². The van der Waals surface area contributed by atoms with Crippen LogP contribution in [0, 0.1) is 12.8 Å². The first kappa shape index (κ1) is 23.4. The summed E-state index contributed by atoms with van der Waals surface area (Å²) in [7, 11) is 1.49. The number of aromatic hydroxyl groups is 1. The first-order valence-electron chi connectivity index (χ1n) is 11.9. The van der Waals surface area contributed by atoms with Crippen LogP contribution in [0.5, 0.6) is 11.5 Å². The standard InChI is InChI=1S/C30H28N2O4/c1-4-20-12-16-24-28(34)32(31-23-14-10-19(2)11-15-23)29(35)30(24,22-8-6-5-7-9-22)27(20)21-13-17-26(36-3)25(33)18-21/h4-15,17-18,24,27,31,33H,1,16H2,2-3H3/t24-,27+,30+/m0/s1. The summed E-state index contributed by atoms with van der Waals surface area (Å²) in [6.45, 7) is 5.99. The van der Waals surface area contributed by atoms with Gasteiger partial charge in [-0.1, -0.05) is 72.8 Å². The van der Waals surface area contributed by atoms with Crippen molar-refractivity contribution < 1.29 is 19.4 Å². The minimum absolute atomic E-state index is 0.0323. The second-order valence-electron chi connectivity index (χ2n) is 9.25. The van der Waals surface area contributed by atoms with Crippen LogP contribution in [0.15, 0.2) is 97.1 Å². The Labute approximate surface area is 210 Å². The zero-order valence-corrected chi connectivity index (χ0v) is 20.3. The Bertz CT molecular complexity index is 1360. The molecule has 36 heavy (non-hydrogen) atoms. The van der Waals surface area contributed by atoms with Gasteiger partial charge in [0.05, 0.1) is 24.1 Å². The number of nitrogens with zero attached hydrogens (tertiary/aromatic N) is 1. The van der Waals surface area contributed by atoms with Gasteiger partial charge in [0, 0.05) is 5.92 Å². The lowest BCUT2D eigenvalue weighted by Gasteiger charge is -2.43. The number of amides is 2. The number of carbonyl (C=O) groups is 2. The lowest BCUT2D eigenvalue weighted by molar-refractivity contribution is -0.138. The minimum Gasteiger partial charge on any atom is -0.504 e. The summed E-state index contributed by atoms with van der Waals surface area (Å²) in [6.07, 6.45) is 4.11. The SMILES string of the molecule is C=CC1=CC[C@H]2C(=O)N(Nc3ccc(C)cc3)C(=O)[C@@]2(c2ccccc2)[C@H]1c1ccc(OC)c(O)c1. The lowest BCUT2D eigenvalue weighted by atomic mass is 9.56. The van der Waals surface area contributed by atoms with Crippen molar-refractivity contribution in [3.8, 4) is 11.5 Å². The highest BCUT2D eigenvalue weighted by molar-refractivity contribution is 6.12. The van der Waals surface area contributed by atoms with E-state index in [1.165, 1.54) is 12.1 Å². The topological polar surface area (TPSA) is 78.9 Å². The maximum absolute atomic E-state index is 14.5. The van der Waals surface area contributed by atoms with Gasteiger partial charge in [0.2, 0.25) is 0 Å². The van der Waals surface area contributed by atoms with E-state index in [2.05, 4.69) is 12.0 Å². The Hall–Kier alpha value is -4.32. The quantitative estimate of drug-likeness (QED) is 0.471. The third kappa shape index (κ3) is 3.49. The van der Waals surface area contributed by atoms with E-state index in [4.69, 9.17) is 4.74 Å². The van der Waals surface area contributed by atoms with E-state index in [0.717, 1.165) is 16.7 Å². The molecule has 6 nitrogen and oxygen atoms in total. The van der Waals surface area contributed by atoms with Gasteiger partial charge < -0.3 is 9.84 Å². The van der Waals surface area contributed by atoms with Gasteiger partial charge in [-0.25, -0.2) is 0 Å². The molecule has 1 fully saturated rings. The number of imide groups is 1. The molecule has 0 spiro atoms. The molecule has 0 bridgehead atoms. The Balaban J connectivity index is 1.72. The Morgan fingerprint density at radius 3 is 2.44 bits per heavy atom. The fraction of sp³-hybridized carbons (Fsp3) is 0.200. The number of fused-ring (bicyclic) bond motifs is 1. The number of aryl methyl sites for hydroxylation is 1. The van der Waals surface area contributed by atoms with E-state index in [-0.39, 0.29) is 17.6 Å². The predicted molar refractivity (Wildman–Crippen MR) is 139 cm³/mol. The van der Waals surface area contributed by atoms with Crippen LogP contribution in [-0.2, 0) is 15.0 Å². The molecule has 0 saturated carbocycles. The predicted octanol–water partition coefficient (Wildman–Crippen LogP) is 5.26. The molecule has 1 aliphatic heterocycles. The molecule has 3 atom stereocenters. The molecule has 0 unspecified atom stereocenters. The fourth-order valence-electron chi connectivity index (χ4n) is 5.64. The van der Waals surface area contributed by atoms with Gasteiger partial charge in [-0.2, -0.15) is 5.01 Å². The number of anilines is 1. The minimum atomic E-state index is -1.23. The molecule has 5 rings (SSSR count). The molecule has 3 aromatic carbocycles. The van der Waals surface area contributed by atoms with E-state index in [9.17, 15) is 14.7 Å². The Morgan fingerprint density at radius 2 is 1.81 bits per heavy atom. The number of rotatable bonds is 6. The first-order valence-corrected chi connectivity index (χ1v) is 11.9. The van der Waals surface area contributed by atoms with Gasteiger partial charge in [-0.15, -0.1) is 0 Å². The van der Waals surface area contributed by atoms with Crippen molar-refractivity contribution in [2.75, 3.05) is 12.5 Å². The Morgan fingerprint density at radius 1 is 1.08 bits per heavy atom. The van der Waals surface area contributed by atoms with Crippen LogP contribution in [0.2, 0.25) is 0 Å². The van der Waals surface area contributed by atoms with Gasteiger partial charge in [-0.05, 0) is 54.3 Å². The average Bonchev–Trinajstić information content (AvgIpc) is 3.12. The number of hydrazine groups is 1. The van der Waals surface area contributed by atoms with Crippen LogP contribution >= 0.6 is 0 Å². The second-order valence-corrected chi connectivity index (χ2v) is 9.25. The highest BCUT2D eigenvalue weighted by Gasteiger charge is 2.65. The summed E-state index contributed by atoms with van der Waals surface area (Å²) in [6, 6.07) is 22.1. The van der Waals surface area contributed by atoms with Gasteiger partial charge in [0.1, 0.15) is 0 Å². The van der Waals surface area contributed by atoms with Crippen LogP contribution in [0.4, 0.5) is 5.69 Å². The molecule has 3 aromatic rings. The van der Waals surface area contributed by atoms with E-state index in [1.54, 1.807) is 18.2 Å². The van der Waals surface area contributed by atoms with Gasteiger partial charge in [-0.3, -0.25) is 15.0 Å². The van der Waals surface area contributed by atoms with Crippen molar-refractivity contribution in [3.63, 3.8) is 0 Å². The highest BCUT2D eigenvalue weighted by Crippen LogP contribution is 2.58. The molecule has 2 amide bonds. The number of ether oxygens (including phenoxy) is 1. The summed E-state index contributed by atoms with van der Waals surface area (Å²) in [5, 5.41) is 11.8. The van der Waals surface area contributed by atoms with Crippen LogP contribution < -0.4 is 10.2 Å². The monoisotopic (exact) mass is 480 g/mol. The molecule has 1 heterocycles. The van der Waals surface area contributed by atoms with Crippen molar-refractivity contribution in [1.82, 2.24) is 5.01 Å². The molecule has 0 radical (unpaired) electrons. The van der Waals surface area contributed by atoms with Crippen molar-refractivity contribution in [2.45, 2.75) is 24.7 Å². The molecule has 182 valence electrons. The molecular formula is C30H28N2O4. The number of allylic oxidation sites excluding steroid dienone is 3. The number of methoxy groups -OCH3 is 1. The number of benzene rings is 3. The smallest absolute Gasteiger partial charge is 0.260 e. The summed E-state index contributed by atoms with van der Waals surface area (Å²) < 4.78 is 5.24. The molecule has 6 heteroatoms. The number of phenolic OH excluding ortho intramolecular Hbond substituents is 1. The summed E-state index contributed by atoms with van der Waals surface area (Å²) in [5.74, 6) is -1.50. The number of nitrogens with one attached hydrogen (secondary N) is 1. The van der Waals surface area contributed by atoms with Gasteiger partial charge in [0.15, 0.2) is 11.5 Å². The number of phenols is 1. The van der Waals surface area contributed by atoms with Gasteiger partial charge in [0.25, 0.3) is 11.8 Å². The summed E-state index contributed by atoms with van der Waals surface area (Å²) in [5.41, 5.74) is 5.85. The maximum atomic E-state index is 14.5. The zero-order chi connectivity index (χ0) is 25.4. The third-order valence-electron chi connectivity index (χ3n) is 7.32. The second kappa shape index (κ2) is 9.04. The Kier molecular flexibility index (Phi) is 5.88. The van der Waals surface area contributed by atoms with E-state index >= 15 is 0 Å². The fourth-order valence-corrected chi connectivity index (χ4v) is 5.64. The molecule has 2 aliphatic rings. The largest absolute Gasteiger partial charge is 0.504 e. The van der Waals surface area contributed by atoms with Crippen LogP contribution in [0.3, 0.4) is 0 Å². The summed E-state index contributed by atoms with van der Waals surface area (Å²) >= 11 is 0. The lowest BCUT2D eigenvalue weighted by Crippen LogP contribution is -2.48. The van der Waals surface area contributed by atoms with Crippen LogP contribution in [0.1, 0.15) is 29.0 Å². The van der Waals surface area contributed by atoms with Gasteiger partial charge >= 0.3 is 0 Å². The highest BCUT2D eigenvalue weighted by atomic mass is 16.5. The van der Waals surface area contributed by atoms with E-state index < -0.39 is 17.3 Å². The maximum Gasteiger partial charge on any atom is 0.260 e. The number of carbonyl (C=O) groups excluding carboxylic acids is 2. The number of hydrogen-bond donors (Lipinski definition) is 2. The molecule has 1 saturated heterocycles. The van der Waals surface area contributed by atoms with E-state index in [0.29, 0.717) is 23.4 Å². The van der Waals surface area contributed by atoms with Crippen molar-refractivity contribution in [3.05, 3.63) is 114 Å². The summed E-state index contributed by atoms with van der Waals surface area (Å²) in [4.78, 5) is 28.3. The van der Waals surface area contributed by atoms with Crippen LogP contribution in [-0.4, -0.2) is 29.0 Å². The van der Waals surface area contributed by atoms with Crippen molar-refractivity contribution in [2.24, 2.45) is 5.92 Å².